The van der Waals surface area contributed by atoms with Crippen molar-refractivity contribution in [2.45, 2.75) is 0 Å². The lowest BCUT2D eigenvalue weighted by Gasteiger charge is -1.71. The molecule has 0 N–H and O–H groups in total. The standard InChI is InChI=1S/C3I4/c4-2(5)1-3(6)7. The fourth-order valence-corrected chi connectivity index (χ4v) is 3.21. The highest BCUT2D eigenvalue weighted by molar-refractivity contribution is 14.2. The smallest absolute Gasteiger partial charge is 0.0784 e. The predicted molar refractivity (Wildman–Crippen MR) is 66.6 cm³/mol. The molecule has 4 heteroatoms. The summed E-state index contributed by atoms with van der Waals surface area (Å²) in [5.74, 6) is 0. The molecule has 0 spiro atoms. The van der Waals surface area contributed by atoms with E-state index in [0.717, 1.165) is 0 Å². The topological polar surface area (TPSA) is 0 Å². The van der Waals surface area contributed by atoms with E-state index in [2.05, 4.69) is 96.1 Å². The van der Waals surface area contributed by atoms with E-state index in [1.54, 1.807) is 0 Å². The van der Waals surface area contributed by atoms with Gasteiger partial charge in [-0.05, 0) is 90.4 Å². The Labute approximate surface area is 97.1 Å². The molecule has 0 radical (unpaired) electrons. The monoisotopic (exact) mass is 544 g/mol. The molecule has 40 valence electrons. The molecule has 0 amide bonds. The lowest BCUT2D eigenvalue weighted by molar-refractivity contribution is 2.42. The summed E-state index contributed by atoms with van der Waals surface area (Å²) in [6.07, 6.45) is 0. The van der Waals surface area contributed by atoms with E-state index in [9.17, 15) is 0 Å². The number of rotatable bonds is 0. The maximum atomic E-state index is 3.09. The first-order valence-corrected chi connectivity index (χ1v) is 5.57. The van der Waals surface area contributed by atoms with Gasteiger partial charge in [-0.15, -0.1) is 0 Å². The van der Waals surface area contributed by atoms with Crippen molar-refractivity contribution in [3.63, 3.8) is 0 Å². The zero-order chi connectivity index (χ0) is 5.86. The molecule has 0 nitrogen and oxygen atoms in total. The van der Waals surface area contributed by atoms with Crippen LogP contribution in [0.1, 0.15) is 0 Å². The first-order valence-electron chi connectivity index (χ1n) is 1.26. The van der Waals surface area contributed by atoms with Gasteiger partial charge in [-0.3, -0.25) is 0 Å². The minimum atomic E-state index is 1.18. The molecule has 0 unspecified atom stereocenters. The van der Waals surface area contributed by atoms with Crippen molar-refractivity contribution in [3.8, 4) is 0 Å². The highest BCUT2D eigenvalue weighted by Gasteiger charge is 1.76. The Balaban J connectivity index is 4.13. The van der Waals surface area contributed by atoms with Gasteiger partial charge in [0.15, 0.2) is 0 Å². The van der Waals surface area contributed by atoms with Crippen molar-refractivity contribution in [2.75, 3.05) is 0 Å². The summed E-state index contributed by atoms with van der Waals surface area (Å²) in [6.45, 7) is 0. The van der Waals surface area contributed by atoms with Crippen molar-refractivity contribution in [1.82, 2.24) is 0 Å². The van der Waals surface area contributed by atoms with Crippen LogP contribution in [0.15, 0.2) is 8.90 Å². The molecular weight excluding hydrogens is 544 g/mol. The average Bonchev–Trinajstić information content (AvgIpc) is 1.27. The van der Waals surface area contributed by atoms with E-state index in [1.807, 2.05) is 0 Å². The van der Waals surface area contributed by atoms with E-state index in [0.29, 0.717) is 0 Å². The molecule has 0 rings (SSSR count). The minimum absolute atomic E-state index is 1.18. The SMILES string of the molecule is IC(I)=C=C(I)I. The van der Waals surface area contributed by atoms with E-state index >= 15 is 0 Å². The molecule has 0 aliphatic rings. The largest absolute Gasteiger partial charge is 0.0946 e. The average molecular weight is 544 g/mol. The molecule has 0 aromatic heterocycles. The van der Waals surface area contributed by atoms with Crippen LogP contribution in [0.5, 0.6) is 0 Å². The summed E-state index contributed by atoms with van der Waals surface area (Å²) >= 11 is 8.88. The zero-order valence-corrected chi connectivity index (χ0v) is 11.6. The second-order valence-electron chi connectivity index (χ2n) is 0.646. The molecular formula is C3I4. The second kappa shape index (κ2) is 5.24. The number of halogens is 4. The lowest BCUT2D eigenvalue weighted by atomic mass is 11.0. The van der Waals surface area contributed by atoms with Crippen LogP contribution in [0.4, 0.5) is 0 Å². The minimum Gasteiger partial charge on any atom is -0.0784 e. The summed E-state index contributed by atoms with van der Waals surface area (Å²) in [7, 11) is 0. The van der Waals surface area contributed by atoms with Gasteiger partial charge in [0, 0.05) is 0 Å². The van der Waals surface area contributed by atoms with E-state index in [1.165, 1.54) is 3.17 Å². The highest BCUT2D eigenvalue weighted by Crippen LogP contribution is 2.19. The fraction of sp³-hybridized carbons (Fsp3) is 0. The maximum Gasteiger partial charge on any atom is 0.0946 e. The van der Waals surface area contributed by atoms with Crippen LogP contribution in [0, 0.1) is 0 Å². The molecule has 0 heterocycles. The first-order chi connectivity index (χ1) is 3.13. The third-order valence-corrected chi connectivity index (χ3v) is 1.27. The molecule has 0 saturated carbocycles. The van der Waals surface area contributed by atoms with Gasteiger partial charge in [-0.2, -0.15) is 0 Å². The van der Waals surface area contributed by atoms with Gasteiger partial charge in [0.2, 0.25) is 0 Å². The van der Waals surface area contributed by atoms with Crippen molar-refractivity contribution >= 4 is 90.4 Å². The molecule has 0 aromatic rings. The molecule has 0 aromatic carbocycles. The van der Waals surface area contributed by atoms with Crippen molar-refractivity contribution < 1.29 is 0 Å². The van der Waals surface area contributed by atoms with Crippen LogP contribution in [0.3, 0.4) is 0 Å². The fourth-order valence-electron chi connectivity index (χ4n) is 0.0714. The Morgan fingerprint density at radius 3 is 1.14 bits per heavy atom. The van der Waals surface area contributed by atoms with Crippen molar-refractivity contribution in [1.29, 1.82) is 0 Å². The molecule has 0 aliphatic carbocycles. The van der Waals surface area contributed by atoms with Gasteiger partial charge in [0.1, 0.15) is 0 Å². The third kappa shape index (κ3) is 8.44. The molecule has 0 saturated heterocycles. The van der Waals surface area contributed by atoms with Gasteiger partial charge >= 0.3 is 0 Å². The van der Waals surface area contributed by atoms with E-state index < -0.39 is 0 Å². The van der Waals surface area contributed by atoms with Crippen molar-refractivity contribution in [3.05, 3.63) is 8.90 Å². The summed E-state index contributed by atoms with van der Waals surface area (Å²) in [6, 6.07) is 0. The summed E-state index contributed by atoms with van der Waals surface area (Å²) in [5.41, 5.74) is 3.09. The Morgan fingerprint density at radius 1 is 0.857 bits per heavy atom. The number of hydrogen-bond donors (Lipinski definition) is 0. The maximum absolute atomic E-state index is 3.09. The highest BCUT2D eigenvalue weighted by atomic mass is 127. The van der Waals surface area contributed by atoms with Crippen LogP contribution >= 0.6 is 90.4 Å². The first kappa shape index (κ1) is 9.44. The quantitative estimate of drug-likeness (QED) is 0.320. The Morgan fingerprint density at radius 2 is 1.14 bits per heavy atom. The molecule has 0 bridgehead atoms. The van der Waals surface area contributed by atoms with Crippen LogP contribution in [0.25, 0.3) is 0 Å². The molecule has 0 aliphatic heterocycles. The normalized spacial score (nSPS) is 7.43. The van der Waals surface area contributed by atoms with Crippen LogP contribution < -0.4 is 0 Å². The third-order valence-electron chi connectivity index (χ3n) is 0.189. The second-order valence-corrected chi connectivity index (χ2v) is 9.09. The molecule has 0 fully saturated rings. The Hall–Kier alpha value is 2.44. The van der Waals surface area contributed by atoms with Gasteiger partial charge < -0.3 is 0 Å². The van der Waals surface area contributed by atoms with Crippen LogP contribution in [-0.4, -0.2) is 0 Å². The Bertz CT molecular complexity index is 98.9. The summed E-state index contributed by atoms with van der Waals surface area (Å²) in [5, 5.41) is 0. The van der Waals surface area contributed by atoms with Crippen molar-refractivity contribution in [2.24, 2.45) is 0 Å². The van der Waals surface area contributed by atoms with Gasteiger partial charge in [0.25, 0.3) is 0 Å². The molecule has 7 heavy (non-hydrogen) atoms. The van der Waals surface area contributed by atoms with E-state index in [4.69, 9.17) is 0 Å². The van der Waals surface area contributed by atoms with Gasteiger partial charge in [-0.25, -0.2) is 0 Å². The number of hydrogen-bond acceptors (Lipinski definition) is 0. The zero-order valence-electron chi connectivity index (χ0n) is 3.01. The lowest BCUT2D eigenvalue weighted by Crippen LogP contribution is -1.38. The van der Waals surface area contributed by atoms with Crippen LogP contribution in [0.2, 0.25) is 0 Å². The van der Waals surface area contributed by atoms with E-state index in [-0.39, 0.29) is 0 Å². The summed E-state index contributed by atoms with van der Waals surface area (Å²) < 4.78 is 2.35. The predicted octanol–water partition coefficient (Wildman–Crippen LogP) is 4.01. The Kier molecular flexibility index (Phi) is 7.07. The van der Waals surface area contributed by atoms with Gasteiger partial charge in [-0.1, -0.05) is 5.73 Å². The van der Waals surface area contributed by atoms with Crippen LogP contribution in [-0.2, 0) is 0 Å². The summed E-state index contributed by atoms with van der Waals surface area (Å²) in [4.78, 5) is 0. The van der Waals surface area contributed by atoms with Gasteiger partial charge in [0.05, 0.1) is 3.17 Å². The molecule has 0 atom stereocenters.